The van der Waals surface area contributed by atoms with E-state index in [1.54, 1.807) is 12.0 Å². The molecule has 156 valence electrons. The molecule has 0 spiro atoms. The molecule has 2 aliphatic heterocycles. The Morgan fingerprint density at radius 3 is 2.45 bits per heavy atom. The maximum Gasteiger partial charge on any atom is 0.290 e. The van der Waals surface area contributed by atoms with Gasteiger partial charge in [0.25, 0.3) is 5.91 Å². The van der Waals surface area contributed by atoms with Gasteiger partial charge in [-0.25, -0.2) is 0 Å². The van der Waals surface area contributed by atoms with E-state index in [1.807, 2.05) is 0 Å². The summed E-state index contributed by atoms with van der Waals surface area (Å²) in [7, 11) is 1.62. The number of carbonyl (C=O) groups excluding carboxylic acids is 2. The smallest absolute Gasteiger partial charge is 0.290 e. The van der Waals surface area contributed by atoms with Gasteiger partial charge in [-0.3, -0.25) is 9.59 Å². The number of ketones is 1. The fourth-order valence-corrected chi connectivity index (χ4v) is 4.82. The topological polar surface area (TPSA) is 55.8 Å². The molecule has 4 rings (SSSR count). The summed E-state index contributed by atoms with van der Waals surface area (Å²) in [6.45, 7) is 7.38. The lowest BCUT2D eigenvalue weighted by Crippen LogP contribution is -2.39. The molecule has 0 radical (unpaired) electrons. The van der Waals surface area contributed by atoms with Crippen molar-refractivity contribution in [2.24, 2.45) is 5.92 Å². The second kappa shape index (κ2) is 7.60. The first-order valence-electron chi connectivity index (χ1n) is 10.7. The zero-order valence-electron chi connectivity index (χ0n) is 17.9. The molecule has 1 fully saturated rings. The lowest BCUT2D eigenvalue weighted by atomic mass is 9.77. The zero-order chi connectivity index (χ0) is 20.8. The highest BCUT2D eigenvalue weighted by Crippen LogP contribution is 2.46. The summed E-state index contributed by atoms with van der Waals surface area (Å²) in [5.41, 5.74) is 2.78. The number of nitrogens with zero attached hydrogens (tertiary/aromatic N) is 1. The average molecular weight is 398 g/mol. The van der Waals surface area contributed by atoms with E-state index in [1.165, 1.54) is 5.56 Å². The number of Topliss-reactive ketones (excluding diaryl/α,β-unsaturated/α-hetero) is 1. The van der Waals surface area contributed by atoms with Gasteiger partial charge in [0, 0.05) is 13.7 Å². The van der Waals surface area contributed by atoms with Crippen molar-refractivity contribution < 1.29 is 19.1 Å². The molecule has 1 aromatic rings. The first kappa shape index (κ1) is 20.1. The third kappa shape index (κ3) is 3.50. The van der Waals surface area contributed by atoms with Crippen LogP contribution in [0.1, 0.15) is 63.6 Å². The predicted molar refractivity (Wildman–Crippen MR) is 110 cm³/mol. The Labute approximate surface area is 173 Å². The van der Waals surface area contributed by atoms with E-state index < -0.39 is 6.04 Å². The molecule has 0 saturated heterocycles. The van der Waals surface area contributed by atoms with Crippen LogP contribution in [0.5, 0.6) is 0 Å². The van der Waals surface area contributed by atoms with Gasteiger partial charge in [0.1, 0.15) is 6.10 Å². The molecule has 0 bridgehead atoms. The van der Waals surface area contributed by atoms with Gasteiger partial charge in [-0.15, -0.1) is 0 Å². The lowest BCUT2D eigenvalue weighted by Gasteiger charge is -2.35. The minimum Gasteiger partial charge on any atom is -0.483 e. The summed E-state index contributed by atoms with van der Waals surface area (Å²) in [6.07, 6.45) is 3.65. The van der Waals surface area contributed by atoms with Crippen LogP contribution in [0.3, 0.4) is 0 Å². The van der Waals surface area contributed by atoms with E-state index in [0.29, 0.717) is 18.7 Å². The molecular weight excluding hydrogens is 366 g/mol. The van der Waals surface area contributed by atoms with Gasteiger partial charge in [-0.2, -0.15) is 0 Å². The standard InChI is InChI=1S/C24H31NO4/c1-24(2,3)16-11-9-15(10-12-16)20-19-21(26)17-7-5-6-8-18(17)29-22(19)23(27)25(20)13-14-28-4/h9-12,17-18,20H,5-8,13-14H2,1-4H3. The van der Waals surface area contributed by atoms with E-state index in [4.69, 9.17) is 9.47 Å². The Bertz CT molecular complexity index is 833. The van der Waals surface area contributed by atoms with E-state index in [2.05, 4.69) is 45.0 Å². The summed E-state index contributed by atoms with van der Waals surface area (Å²) < 4.78 is 11.4. The highest BCUT2D eigenvalue weighted by atomic mass is 16.5. The average Bonchev–Trinajstić information content (AvgIpc) is 2.98. The normalized spacial score (nSPS) is 27.0. The summed E-state index contributed by atoms with van der Waals surface area (Å²) in [4.78, 5) is 28.4. The van der Waals surface area contributed by atoms with Gasteiger partial charge < -0.3 is 14.4 Å². The summed E-state index contributed by atoms with van der Waals surface area (Å²) in [5.74, 6) is 0.0848. The second-order valence-corrected chi connectivity index (χ2v) is 9.42. The maximum atomic E-state index is 13.5. The number of carbonyl (C=O) groups is 2. The van der Waals surface area contributed by atoms with Crippen molar-refractivity contribution in [2.45, 2.75) is 64.0 Å². The molecule has 2 heterocycles. The minimum atomic E-state index is -0.392. The Hall–Kier alpha value is -2.14. The number of fused-ring (bicyclic) bond motifs is 1. The third-order valence-corrected chi connectivity index (χ3v) is 6.49. The SMILES string of the molecule is COCCN1C(=O)C2=C(C(=O)C3CCCCC3O2)C1c1ccc(C(C)(C)C)cc1. The molecule has 3 aliphatic rings. The fraction of sp³-hybridized carbons (Fsp3) is 0.583. The van der Waals surface area contributed by atoms with E-state index >= 15 is 0 Å². The van der Waals surface area contributed by atoms with Crippen molar-refractivity contribution in [1.82, 2.24) is 4.90 Å². The van der Waals surface area contributed by atoms with Crippen molar-refractivity contribution in [3.8, 4) is 0 Å². The minimum absolute atomic E-state index is 0.0449. The molecular formula is C24H31NO4. The largest absolute Gasteiger partial charge is 0.483 e. The molecule has 1 saturated carbocycles. The zero-order valence-corrected chi connectivity index (χ0v) is 17.9. The Morgan fingerprint density at radius 1 is 1.10 bits per heavy atom. The van der Waals surface area contributed by atoms with Gasteiger partial charge in [-0.1, -0.05) is 51.5 Å². The number of hydrogen-bond donors (Lipinski definition) is 0. The number of ether oxygens (including phenoxy) is 2. The van der Waals surface area contributed by atoms with Crippen LogP contribution in [0.15, 0.2) is 35.6 Å². The van der Waals surface area contributed by atoms with Crippen molar-refractivity contribution in [3.63, 3.8) is 0 Å². The van der Waals surface area contributed by atoms with Crippen LogP contribution in [0.4, 0.5) is 0 Å². The highest BCUT2D eigenvalue weighted by molar-refractivity contribution is 6.11. The van der Waals surface area contributed by atoms with Gasteiger partial charge in [-0.05, 0) is 35.8 Å². The maximum absolute atomic E-state index is 13.5. The van der Waals surface area contributed by atoms with Crippen LogP contribution in [0.25, 0.3) is 0 Å². The van der Waals surface area contributed by atoms with E-state index in [0.717, 1.165) is 31.2 Å². The van der Waals surface area contributed by atoms with Crippen LogP contribution in [-0.2, 0) is 24.5 Å². The van der Waals surface area contributed by atoms with Crippen LogP contribution >= 0.6 is 0 Å². The first-order valence-corrected chi connectivity index (χ1v) is 10.7. The summed E-state index contributed by atoms with van der Waals surface area (Å²) in [6, 6.07) is 7.91. The summed E-state index contributed by atoms with van der Waals surface area (Å²) in [5, 5.41) is 0. The van der Waals surface area contributed by atoms with Crippen molar-refractivity contribution in [2.75, 3.05) is 20.3 Å². The first-order chi connectivity index (χ1) is 13.8. The number of benzene rings is 1. The molecule has 1 aliphatic carbocycles. The number of amides is 1. The lowest BCUT2D eigenvalue weighted by molar-refractivity contribution is -0.135. The quantitative estimate of drug-likeness (QED) is 0.773. The van der Waals surface area contributed by atoms with Gasteiger partial charge in [0.05, 0.1) is 24.1 Å². The second-order valence-electron chi connectivity index (χ2n) is 9.42. The van der Waals surface area contributed by atoms with E-state index in [9.17, 15) is 9.59 Å². The van der Waals surface area contributed by atoms with Gasteiger partial charge in [0.2, 0.25) is 0 Å². The van der Waals surface area contributed by atoms with Crippen LogP contribution in [-0.4, -0.2) is 43.0 Å². The monoisotopic (exact) mass is 397 g/mol. The molecule has 1 amide bonds. The molecule has 5 heteroatoms. The molecule has 3 unspecified atom stereocenters. The number of rotatable bonds is 4. The van der Waals surface area contributed by atoms with E-state index in [-0.39, 0.29) is 34.9 Å². The van der Waals surface area contributed by atoms with Gasteiger partial charge in [0.15, 0.2) is 11.5 Å². The number of hydrogen-bond acceptors (Lipinski definition) is 4. The molecule has 5 nitrogen and oxygen atoms in total. The molecule has 1 aromatic carbocycles. The van der Waals surface area contributed by atoms with Crippen molar-refractivity contribution in [1.29, 1.82) is 0 Å². The molecule has 0 aromatic heterocycles. The Balaban J connectivity index is 1.74. The Kier molecular flexibility index (Phi) is 5.28. The van der Waals surface area contributed by atoms with Crippen LogP contribution in [0.2, 0.25) is 0 Å². The predicted octanol–water partition coefficient (Wildman–Crippen LogP) is 3.93. The van der Waals surface area contributed by atoms with Gasteiger partial charge >= 0.3 is 0 Å². The molecule has 29 heavy (non-hydrogen) atoms. The van der Waals surface area contributed by atoms with Crippen LogP contribution in [0, 0.1) is 5.92 Å². The van der Waals surface area contributed by atoms with Crippen molar-refractivity contribution >= 4 is 11.7 Å². The number of methoxy groups -OCH3 is 1. The molecule has 3 atom stereocenters. The third-order valence-electron chi connectivity index (χ3n) is 6.49. The summed E-state index contributed by atoms with van der Waals surface area (Å²) >= 11 is 0. The van der Waals surface area contributed by atoms with Crippen LogP contribution < -0.4 is 0 Å². The fourth-order valence-electron chi connectivity index (χ4n) is 4.82. The highest BCUT2D eigenvalue weighted by Gasteiger charge is 2.51. The molecule has 0 N–H and O–H groups in total. The Morgan fingerprint density at radius 2 is 1.79 bits per heavy atom. The van der Waals surface area contributed by atoms with Crippen molar-refractivity contribution in [3.05, 3.63) is 46.7 Å².